The first-order chi connectivity index (χ1) is 12.3. The molecule has 0 unspecified atom stereocenters. The number of hydrogen-bond donors (Lipinski definition) is 2. The third-order valence-electron chi connectivity index (χ3n) is 5.14. The number of hydrogen-bond acceptors (Lipinski definition) is 4. The molecular formula is C19H18N4O2. The van der Waals surface area contributed by atoms with Crippen molar-refractivity contribution in [1.29, 1.82) is 0 Å². The van der Waals surface area contributed by atoms with Crippen molar-refractivity contribution < 1.29 is 9.53 Å². The van der Waals surface area contributed by atoms with Gasteiger partial charge in [0.1, 0.15) is 11.2 Å². The molecule has 2 aliphatic heterocycles. The number of para-hydroxylation sites is 1. The van der Waals surface area contributed by atoms with Gasteiger partial charge in [0.15, 0.2) is 0 Å². The van der Waals surface area contributed by atoms with Crippen LogP contribution >= 0.6 is 0 Å². The summed E-state index contributed by atoms with van der Waals surface area (Å²) in [4.78, 5) is 17.2. The summed E-state index contributed by atoms with van der Waals surface area (Å²) < 4.78 is 7.51. The molecule has 6 nitrogen and oxygen atoms in total. The van der Waals surface area contributed by atoms with E-state index in [0.717, 1.165) is 28.1 Å². The van der Waals surface area contributed by atoms with E-state index < -0.39 is 5.54 Å². The quantitative estimate of drug-likeness (QED) is 0.718. The zero-order valence-corrected chi connectivity index (χ0v) is 13.7. The molecule has 126 valence electrons. The Morgan fingerprint density at radius 2 is 1.92 bits per heavy atom. The fourth-order valence-corrected chi connectivity index (χ4v) is 3.72. The molecule has 4 heterocycles. The van der Waals surface area contributed by atoms with Crippen molar-refractivity contribution in [3.63, 3.8) is 0 Å². The van der Waals surface area contributed by atoms with Crippen LogP contribution in [0.25, 0.3) is 16.7 Å². The van der Waals surface area contributed by atoms with Gasteiger partial charge in [0.05, 0.1) is 17.6 Å². The van der Waals surface area contributed by atoms with Gasteiger partial charge in [0.2, 0.25) is 5.91 Å². The number of aromatic nitrogens is 2. The molecule has 1 fully saturated rings. The molecule has 2 aromatic heterocycles. The minimum Gasteiger partial charge on any atom is -0.381 e. The Labute approximate surface area is 144 Å². The molecule has 6 heteroatoms. The van der Waals surface area contributed by atoms with Crippen LogP contribution in [-0.2, 0) is 9.53 Å². The minimum absolute atomic E-state index is 0.00643. The third-order valence-corrected chi connectivity index (χ3v) is 5.14. The Bertz CT molecular complexity index is 958. The van der Waals surface area contributed by atoms with Crippen LogP contribution in [0.15, 0.2) is 48.8 Å². The van der Waals surface area contributed by atoms with Gasteiger partial charge in [-0.25, -0.2) is 4.98 Å². The van der Waals surface area contributed by atoms with Gasteiger partial charge in [-0.15, -0.1) is 0 Å². The number of benzene rings is 1. The zero-order valence-electron chi connectivity index (χ0n) is 13.7. The lowest BCUT2D eigenvalue weighted by Gasteiger charge is -2.41. The molecule has 1 saturated heterocycles. The number of nitrogens with one attached hydrogen (secondary N) is 2. The average Bonchev–Trinajstić information content (AvgIpc) is 3.09. The van der Waals surface area contributed by atoms with E-state index in [9.17, 15) is 4.79 Å². The normalized spacial score (nSPS) is 18.6. The number of carbonyl (C=O) groups is 1. The summed E-state index contributed by atoms with van der Waals surface area (Å²) in [7, 11) is 0. The number of fused-ring (bicyclic) bond motifs is 3. The summed E-state index contributed by atoms with van der Waals surface area (Å²) >= 11 is 0. The first-order valence-corrected chi connectivity index (χ1v) is 8.50. The van der Waals surface area contributed by atoms with Gasteiger partial charge >= 0.3 is 0 Å². The molecule has 0 atom stereocenters. The van der Waals surface area contributed by atoms with E-state index in [1.807, 2.05) is 30.5 Å². The largest absolute Gasteiger partial charge is 0.381 e. The molecule has 25 heavy (non-hydrogen) atoms. The number of ether oxygens (including phenoxy) is 1. The summed E-state index contributed by atoms with van der Waals surface area (Å²) in [5.74, 6) is 0.00643. The molecule has 5 rings (SSSR count). The summed E-state index contributed by atoms with van der Waals surface area (Å²) in [5.41, 5.74) is 3.02. The van der Waals surface area contributed by atoms with Crippen LogP contribution in [0.5, 0.6) is 0 Å². The highest BCUT2D eigenvalue weighted by atomic mass is 16.5. The van der Waals surface area contributed by atoms with Crippen molar-refractivity contribution >= 4 is 28.3 Å². The van der Waals surface area contributed by atoms with Crippen molar-refractivity contribution in [2.75, 3.05) is 23.8 Å². The van der Waals surface area contributed by atoms with E-state index in [2.05, 4.69) is 32.3 Å². The second kappa shape index (κ2) is 5.32. The van der Waals surface area contributed by atoms with Crippen LogP contribution in [0.4, 0.5) is 11.4 Å². The van der Waals surface area contributed by atoms with Crippen molar-refractivity contribution in [1.82, 2.24) is 9.55 Å². The molecule has 1 amide bonds. The zero-order chi connectivity index (χ0) is 16.9. The highest BCUT2D eigenvalue weighted by Gasteiger charge is 2.44. The van der Waals surface area contributed by atoms with Crippen LogP contribution in [0.1, 0.15) is 12.8 Å². The van der Waals surface area contributed by atoms with Crippen LogP contribution < -0.4 is 10.6 Å². The van der Waals surface area contributed by atoms with Crippen LogP contribution in [0.2, 0.25) is 0 Å². The second-order valence-corrected chi connectivity index (χ2v) is 6.58. The summed E-state index contributed by atoms with van der Waals surface area (Å²) in [5, 5.41) is 7.56. The first kappa shape index (κ1) is 14.5. The van der Waals surface area contributed by atoms with E-state index in [4.69, 9.17) is 4.74 Å². The Balaban J connectivity index is 1.65. The van der Waals surface area contributed by atoms with Gasteiger partial charge in [-0.05, 0) is 18.2 Å². The highest BCUT2D eigenvalue weighted by Crippen LogP contribution is 2.40. The maximum absolute atomic E-state index is 12.6. The monoisotopic (exact) mass is 334 g/mol. The van der Waals surface area contributed by atoms with E-state index in [0.29, 0.717) is 26.1 Å². The summed E-state index contributed by atoms with van der Waals surface area (Å²) in [6.07, 6.45) is 5.08. The van der Waals surface area contributed by atoms with Gasteiger partial charge in [0.25, 0.3) is 0 Å². The van der Waals surface area contributed by atoms with E-state index >= 15 is 0 Å². The average molecular weight is 334 g/mol. The van der Waals surface area contributed by atoms with Crippen LogP contribution in [0.3, 0.4) is 0 Å². The van der Waals surface area contributed by atoms with Crippen molar-refractivity contribution in [3.8, 4) is 5.69 Å². The van der Waals surface area contributed by atoms with Crippen LogP contribution in [0, 0.1) is 0 Å². The Hall–Kier alpha value is -2.86. The maximum Gasteiger partial charge on any atom is 0.250 e. The SMILES string of the molecule is O=C1Nc2cnc3c(ccn3-c3ccccc3)c2NC12CCOCC2. The highest BCUT2D eigenvalue weighted by molar-refractivity contribution is 6.11. The van der Waals surface area contributed by atoms with Crippen molar-refractivity contribution in [3.05, 3.63) is 48.8 Å². The van der Waals surface area contributed by atoms with Crippen LogP contribution in [-0.4, -0.2) is 34.2 Å². The molecule has 3 aromatic rings. The molecule has 1 spiro atoms. The first-order valence-electron chi connectivity index (χ1n) is 8.50. The number of anilines is 2. The van der Waals surface area contributed by atoms with Gasteiger partial charge in [-0.3, -0.25) is 4.79 Å². The standard InChI is InChI=1S/C19H18N4O2/c24-18-19(7-10-25-11-8-19)22-16-14-6-9-23(13-4-2-1-3-5-13)17(14)20-12-15(16)21-18/h1-6,9,12,22H,7-8,10-11H2,(H,21,24). The van der Waals surface area contributed by atoms with Gasteiger partial charge < -0.3 is 19.9 Å². The van der Waals surface area contributed by atoms with E-state index in [1.165, 1.54) is 0 Å². The van der Waals surface area contributed by atoms with Gasteiger partial charge in [-0.2, -0.15) is 0 Å². The molecule has 2 N–H and O–H groups in total. The number of rotatable bonds is 1. The number of carbonyl (C=O) groups excluding carboxylic acids is 1. The topological polar surface area (TPSA) is 68.2 Å². The fraction of sp³-hybridized carbons (Fsp3) is 0.263. The van der Waals surface area contributed by atoms with Crippen molar-refractivity contribution in [2.24, 2.45) is 0 Å². The van der Waals surface area contributed by atoms with E-state index in [1.54, 1.807) is 6.20 Å². The lowest BCUT2D eigenvalue weighted by atomic mass is 9.86. The fourth-order valence-electron chi connectivity index (χ4n) is 3.72. The lowest BCUT2D eigenvalue weighted by Crippen LogP contribution is -2.55. The molecule has 1 aromatic carbocycles. The number of pyridine rings is 1. The molecule has 0 bridgehead atoms. The number of amides is 1. The van der Waals surface area contributed by atoms with Gasteiger partial charge in [-0.1, -0.05) is 18.2 Å². The molecule has 0 aliphatic carbocycles. The lowest BCUT2D eigenvalue weighted by molar-refractivity contribution is -0.123. The van der Waals surface area contributed by atoms with Gasteiger partial charge in [0, 0.05) is 43.3 Å². The Morgan fingerprint density at radius 3 is 2.72 bits per heavy atom. The second-order valence-electron chi connectivity index (χ2n) is 6.58. The Kier molecular flexibility index (Phi) is 3.08. The minimum atomic E-state index is -0.589. The molecule has 0 saturated carbocycles. The maximum atomic E-state index is 12.6. The molecular weight excluding hydrogens is 316 g/mol. The number of nitrogens with zero attached hydrogens (tertiary/aromatic N) is 2. The Morgan fingerprint density at radius 1 is 1.12 bits per heavy atom. The summed E-state index contributed by atoms with van der Waals surface area (Å²) in [6, 6.07) is 12.2. The predicted octanol–water partition coefficient (Wildman–Crippen LogP) is 2.94. The smallest absolute Gasteiger partial charge is 0.250 e. The van der Waals surface area contributed by atoms with Crippen molar-refractivity contribution in [2.45, 2.75) is 18.4 Å². The van der Waals surface area contributed by atoms with E-state index in [-0.39, 0.29) is 5.91 Å². The third kappa shape index (κ3) is 2.14. The summed E-state index contributed by atoms with van der Waals surface area (Å²) in [6.45, 7) is 1.18. The molecule has 0 radical (unpaired) electrons. The predicted molar refractivity (Wildman–Crippen MR) is 96.1 cm³/mol. The molecule has 2 aliphatic rings.